The van der Waals surface area contributed by atoms with Crippen LogP contribution < -0.4 is 4.72 Å². The van der Waals surface area contributed by atoms with Gasteiger partial charge in [0.05, 0.1) is 0 Å². The number of H-pyrrole nitrogens is 1. The highest BCUT2D eigenvalue weighted by molar-refractivity contribution is 7.92. The Bertz CT molecular complexity index is 682. The first-order valence-corrected chi connectivity index (χ1v) is 7.07. The van der Waals surface area contributed by atoms with Crippen molar-refractivity contribution in [2.45, 2.75) is 24.8 Å². The summed E-state index contributed by atoms with van der Waals surface area (Å²) in [6.07, 6.45) is 1.21. The Labute approximate surface area is 110 Å². The summed E-state index contributed by atoms with van der Waals surface area (Å²) in [5.41, 5.74) is 0.777. The van der Waals surface area contributed by atoms with Gasteiger partial charge in [-0.25, -0.2) is 9.37 Å². The van der Waals surface area contributed by atoms with Crippen LogP contribution >= 0.6 is 0 Å². The van der Waals surface area contributed by atoms with Gasteiger partial charge in [-0.15, -0.1) is 0 Å². The van der Waals surface area contributed by atoms with Crippen LogP contribution in [0.25, 0.3) is 0 Å². The molecule has 0 aliphatic rings. The lowest BCUT2D eigenvalue weighted by Crippen LogP contribution is -2.16. The van der Waals surface area contributed by atoms with E-state index in [1.807, 2.05) is 13.8 Å². The van der Waals surface area contributed by atoms with Crippen molar-refractivity contribution in [3.63, 3.8) is 0 Å². The van der Waals surface area contributed by atoms with Crippen LogP contribution in [-0.2, 0) is 10.0 Å². The normalized spacial score (nSPS) is 11.8. The summed E-state index contributed by atoms with van der Waals surface area (Å²) in [6, 6.07) is 3.91. The van der Waals surface area contributed by atoms with Crippen molar-refractivity contribution < 1.29 is 12.8 Å². The Kier molecular flexibility index (Phi) is 3.52. The Morgan fingerprint density at radius 2 is 2.16 bits per heavy atom. The van der Waals surface area contributed by atoms with Gasteiger partial charge in [-0.2, -0.15) is 13.5 Å². The van der Waals surface area contributed by atoms with E-state index >= 15 is 0 Å². The predicted octanol–water partition coefficient (Wildman–Crippen LogP) is 1.87. The van der Waals surface area contributed by atoms with Gasteiger partial charge >= 0.3 is 0 Å². The van der Waals surface area contributed by atoms with Crippen molar-refractivity contribution in [1.29, 1.82) is 0 Å². The molecule has 0 atom stereocenters. The summed E-state index contributed by atoms with van der Waals surface area (Å²) in [6.45, 7) is 3.87. The van der Waals surface area contributed by atoms with Crippen molar-refractivity contribution in [2.24, 2.45) is 0 Å². The lowest BCUT2D eigenvalue weighted by molar-refractivity contribution is 0.556. The van der Waals surface area contributed by atoms with Gasteiger partial charge in [0.25, 0.3) is 10.0 Å². The number of hydrogen-bond donors (Lipinski definition) is 2. The first-order valence-electron chi connectivity index (χ1n) is 5.59. The number of pyridine rings is 1. The molecule has 0 saturated heterocycles. The molecule has 0 amide bonds. The zero-order chi connectivity index (χ0) is 14.0. The third-order valence-corrected chi connectivity index (χ3v) is 3.73. The second-order valence-electron chi connectivity index (χ2n) is 4.26. The van der Waals surface area contributed by atoms with Crippen molar-refractivity contribution in [3.05, 3.63) is 35.9 Å². The first-order chi connectivity index (χ1) is 8.90. The molecule has 2 aromatic rings. The minimum atomic E-state index is -4.07. The largest absolute Gasteiger partial charge is 0.283 e. The maximum absolute atomic E-state index is 13.4. The van der Waals surface area contributed by atoms with Gasteiger partial charge in [-0.1, -0.05) is 13.8 Å². The molecule has 6 nitrogen and oxygen atoms in total. The maximum Gasteiger partial charge on any atom is 0.283 e. The van der Waals surface area contributed by atoms with Crippen LogP contribution in [-0.4, -0.2) is 23.6 Å². The average Bonchev–Trinajstić information content (AvgIpc) is 2.77. The summed E-state index contributed by atoms with van der Waals surface area (Å²) in [4.78, 5) is 3.52. The van der Waals surface area contributed by atoms with E-state index in [1.165, 1.54) is 12.3 Å². The third kappa shape index (κ3) is 2.90. The van der Waals surface area contributed by atoms with Crippen molar-refractivity contribution in [1.82, 2.24) is 15.2 Å². The van der Waals surface area contributed by atoms with Gasteiger partial charge in [0.15, 0.2) is 11.6 Å². The summed E-state index contributed by atoms with van der Waals surface area (Å²) in [5.74, 6) is -0.624. The van der Waals surface area contributed by atoms with E-state index in [0.717, 1.165) is 11.8 Å². The Hall–Kier alpha value is -1.96. The highest BCUT2D eigenvalue weighted by atomic mass is 32.2. The lowest BCUT2D eigenvalue weighted by atomic mass is 10.1. The molecule has 0 bridgehead atoms. The zero-order valence-corrected chi connectivity index (χ0v) is 11.2. The van der Waals surface area contributed by atoms with Gasteiger partial charge in [-0.05, 0) is 18.1 Å². The van der Waals surface area contributed by atoms with E-state index in [-0.39, 0.29) is 11.7 Å². The standard InChI is InChI=1S/C11H13FN4O2S/c1-7(2)9-6-10(15-14-9)16-19(17,18)11-8(12)4-3-5-13-11/h3-7H,1-2H3,(H2,14,15,16). The molecule has 19 heavy (non-hydrogen) atoms. The minimum Gasteiger partial charge on any atom is -0.280 e. The number of hydrogen-bond acceptors (Lipinski definition) is 4. The number of sulfonamides is 1. The molecule has 0 aliphatic heterocycles. The van der Waals surface area contributed by atoms with Gasteiger partial charge in [-0.3, -0.25) is 9.82 Å². The molecule has 0 unspecified atom stereocenters. The summed E-state index contributed by atoms with van der Waals surface area (Å²) >= 11 is 0. The Balaban J connectivity index is 2.29. The molecule has 0 aromatic carbocycles. The fourth-order valence-electron chi connectivity index (χ4n) is 1.44. The van der Waals surface area contributed by atoms with Crippen LogP contribution in [0.3, 0.4) is 0 Å². The second-order valence-corrected chi connectivity index (χ2v) is 5.86. The summed E-state index contributed by atoms with van der Waals surface area (Å²) < 4.78 is 39.5. The molecule has 0 saturated carbocycles. The molecule has 0 radical (unpaired) electrons. The van der Waals surface area contributed by atoms with Crippen LogP contribution in [0.15, 0.2) is 29.4 Å². The number of aromatic nitrogens is 3. The van der Waals surface area contributed by atoms with Crippen LogP contribution in [0, 0.1) is 5.82 Å². The zero-order valence-electron chi connectivity index (χ0n) is 10.4. The van der Waals surface area contributed by atoms with Crippen molar-refractivity contribution >= 4 is 15.8 Å². The van der Waals surface area contributed by atoms with Crippen LogP contribution in [0.1, 0.15) is 25.5 Å². The maximum atomic E-state index is 13.4. The summed E-state index contributed by atoms with van der Waals surface area (Å²) in [7, 11) is -4.07. The Morgan fingerprint density at radius 1 is 1.42 bits per heavy atom. The van der Waals surface area contributed by atoms with Gasteiger partial charge in [0.1, 0.15) is 0 Å². The number of rotatable bonds is 4. The molecule has 2 rings (SSSR count). The molecule has 2 heterocycles. The number of aromatic amines is 1. The molecule has 0 aliphatic carbocycles. The number of nitrogens with zero attached hydrogens (tertiary/aromatic N) is 2. The minimum absolute atomic E-state index is 0.105. The number of nitrogens with one attached hydrogen (secondary N) is 2. The molecule has 8 heteroatoms. The van der Waals surface area contributed by atoms with E-state index < -0.39 is 20.9 Å². The van der Waals surface area contributed by atoms with Gasteiger partial charge in [0.2, 0.25) is 5.03 Å². The first kappa shape index (κ1) is 13.5. The van der Waals surface area contributed by atoms with Gasteiger partial charge in [0, 0.05) is 18.0 Å². The monoisotopic (exact) mass is 284 g/mol. The highest BCUT2D eigenvalue weighted by Crippen LogP contribution is 2.18. The molecule has 2 N–H and O–H groups in total. The summed E-state index contributed by atoms with van der Waals surface area (Å²) in [5, 5.41) is 5.87. The molecule has 0 fully saturated rings. The average molecular weight is 284 g/mol. The molecular weight excluding hydrogens is 271 g/mol. The predicted molar refractivity (Wildman–Crippen MR) is 67.7 cm³/mol. The number of halogens is 1. The fraction of sp³-hybridized carbons (Fsp3) is 0.273. The number of anilines is 1. The van der Waals surface area contributed by atoms with Crippen LogP contribution in [0.2, 0.25) is 0 Å². The second kappa shape index (κ2) is 4.96. The van der Waals surface area contributed by atoms with Crippen molar-refractivity contribution in [3.8, 4) is 0 Å². The molecule has 102 valence electrons. The van der Waals surface area contributed by atoms with E-state index in [1.54, 1.807) is 6.07 Å². The molecule has 2 aromatic heterocycles. The van der Waals surface area contributed by atoms with E-state index in [9.17, 15) is 12.8 Å². The SMILES string of the molecule is CC(C)c1cc(NS(=O)(=O)c2ncccc2F)n[nH]1. The van der Waals surface area contributed by atoms with Crippen molar-refractivity contribution in [2.75, 3.05) is 4.72 Å². The van der Waals surface area contributed by atoms with Gasteiger partial charge < -0.3 is 0 Å². The smallest absolute Gasteiger partial charge is 0.280 e. The fourth-order valence-corrected chi connectivity index (χ4v) is 2.44. The molecule has 0 spiro atoms. The third-order valence-electron chi connectivity index (χ3n) is 2.44. The Morgan fingerprint density at radius 3 is 2.74 bits per heavy atom. The van der Waals surface area contributed by atoms with E-state index in [0.29, 0.717) is 0 Å². The van der Waals surface area contributed by atoms with Crippen LogP contribution in [0.5, 0.6) is 0 Å². The highest BCUT2D eigenvalue weighted by Gasteiger charge is 2.21. The van der Waals surface area contributed by atoms with E-state index in [4.69, 9.17) is 0 Å². The quantitative estimate of drug-likeness (QED) is 0.897. The van der Waals surface area contributed by atoms with Crippen LogP contribution in [0.4, 0.5) is 10.2 Å². The molecular formula is C11H13FN4O2S. The topological polar surface area (TPSA) is 87.7 Å². The van der Waals surface area contributed by atoms with E-state index in [2.05, 4.69) is 19.9 Å². The lowest BCUT2D eigenvalue weighted by Gasteiger charge is -2.04.